The highest BCUT2D eigenvalue weighted by Crippen LogP contribution is 2.36. The molecule has 1 atom stereocenters. The number of nitro benzene ring substituents is 1. The second-order valence-corrected chi connectivity index (χ2v) is 7.48. The Morgan fingerprint density at radius 3 is 2.63 bits per heavy atom. The predicted molar refractivity (Wildman–Crippen MR) is 99.7 cm³/mol. The number of benzene rings is 1. The number of rotatable bonds is 5. The highest BCUT2D eigenvalue weighted by molar-refractivity contribution is 6.01. The minimum absolute atomic E-state index is 0.0914. The van der Waals surface area contributed by atoms with Gasteiger partial charge in [-0.1, -0.05) is 6.92 Å². The molecule has 0 bridgehead atoms. The number of methoxy groups -OCH3 is 1. The molecule has 1 aromatic rings. The molecule has 146 valence electrons. The Balaban J connectivity index is 1.68. The first-order valence-electron chi connectivity index (χ1n) is 9.32. The molecule has 2 fully saturated rings. The highest BCUT2D eigenvalue weighted by atomic mass is 16.6. The van der Waals surface area contributed by atoms with E-state index in [-0.39, 0.29) is 42.3 Å². The van der Waals surface area contributed by atoms with Crippen LogP contribution in [0.1, 0.15) is 39.0 Å². The fraction of sp³-hybridized carbons (Fsp3) is 0.579. The topological polar surface area (TPSA) is 102 Å². The SMILES string of the molecule is COc1cc([N+](=O)[O-])ccc1N1C[C@@H](C(=O)NC2CCC(C)CC2)CC1=O. The van der Waals surface area contributed by atoms with Crippen molar-refractivity contribution < 1.29 is 19.2 Å². The number of nitro groups is 1. The van der Waals surface area contributed by atoms with Crippen molar-refractivity contribution in [2.45, 2.75) is 45.1 Å². The average Bonchev–Trinajstić information content (AvgIpc) is 3.04. The molecule has 2 amide bonds. The summed E-state index contributed by atoms with van der Waals surface area (Å²) in [5.74, 6) is 0.263. The van der Waals surface area contributed by atoms with Gasteiger partial charge in [0, 0.05) is 25.1 Å². The monoisotopic (exact) mass is 375 g/mol. The number of amides is 2. The van der Waals surface area contributed by atoms with Gasteiger partial charge in [0.2, 0.25) is 11.8 Å². The Morgan fingerprint density at radius 1 is 1.30 bits per heavy atom. The molecule has 2 aliphatic rings. The van der Waals surface area contributed by atoms with Crippen molar-refractivity contribution in [1.29, 1.82) is 0 Å². The lowest BCUT2D eigenvalue weighted by Gasteiger charge is -2.27. The quantitative estimate of drug-likeness (QED) is 0.630. The van der Waals surface area contributed by atoms with Gasteiger partial charge < -0.3 is 15.0 Å². The van der Waals surface area contributed by atoms with E-state index in [1.54, 1.807) is 0 Å². The van der Waals surface area contributed by atoms with Gasteiger partial charge >= 0.3 is 0 Å². The Labute approximate surface area is 158 Å². The van der Waals surface area contributed by atoms with E-state index in [1.165, 1.54) is 30.2 Å². The molecule has 1 saturated heterocycles. The predicted octanol–water partition coefficient (Wildman–Crippen LogP) is 2.65. The Bertz CT molecular complexity index is 743. The van der Waals surface area contributed by atoms with Crippen molar-refractivity contribution in [2.24, 2.45) is 11.8 Å². The molecule has 27 heavy (non-hydrogen) atoms. The molecule has 8 nitrogen and oxygen atoms in total. The average molecular weight is 375 g/mol. The highest BCUT2D eigenvalue weighted by Gasteiger charge is 2.37. The van der Waals surface area contributed by atoms with Gasteiger partial charge in [-0.3, -0.25) is 19.7 Å². The molecule has 1 N–H and O–H groups in total. The number of anilines is 1. The molecule has 0 radical (unpaired) electrons. The normalized spacial score (nSPS) is 25.3. The van der Waals surface area contributed by atoms with Gasteiger partial charge in [-0.2, -0.15) is 0 Å². The second-order valence-electron chi connectivity index (χ2n) is 7.48. The zero-order valence-corrected chi connectivity index (χ0v) is 15.6. The van der Waals surface area contributed by atoms with Gasteiger partial charge in [-0.15, -0.1) is 0 Å². The minimum atomic E-state index is -0.515. The fourth-order valence-corrected chi connectivity index (χ4v) is 3.84. The first-order valence-corrected chi connectivity index (χ1v) is 9.32. The summed E-state index contributed by atoms with van der Waals surface area (Å²) in [5.41, 5.74) is 0.345. The van der Waals surface area contributed by atoms with Gasteiger partial charge in [-0.25, -0.2) is 0 Å². The Morgan fingerprint density at radius 2 is 2.00 bits per heavy atom. The molecule has 1 aliphatic carbocycles. The van der Waals surface area contributed by atoms with Crippen LogP contribution in [0.2, 0.25) is 0 Å². The first-order chi connectivity index (χ1) is 12.9. The molecule has 0 unspecified atom stereocenters. The van der Waals surface area contributed by atoms with Gasteiger partial charge in [0.15, 0.2) is 0 Å². The lowest BCUT2D eigenvalue weighted by atomic mass is 9.87. The molecule has 0 aromatic heterocycles. The van der Waals surface area contributed by atoms with Crippen LogP contribution in [0, 0.1) is 22.0 Å². The lowest BCUT2D eigenvalue weighted by molar-refractivity contribution is -0.384. The number of ether oxygens (including phenoxy) is 1. The van der Waals surface area contributed by atoms with Crippen LogP contribution in [0.15, 0.2) is 18.2 Å². The van der Waals surface area contributed by atoms with E-state index < -0.39 is 10.8 Å². The number of nitrogens with zero attached hydrogens (tertiary/aromatic N) is 2. The number of hydrogen-bond acceptors (Lipinski definition) is 5. The van der Waals surface area contributed by atoms with Crippen LogP contribution in [0.3, 0.4) is 0 Å². The van der Waals surface area contributed by atoms with E-state index in [4.69, 9.17) is 4.74 Å². The van der Waals surface area contributed by atoms with Crippen LogP contribution >= 0.6 is 0 Å². The molecule has 1 saturated carbocycles. The number of hydrogen-bond donors (Lipinski definition) is 1. The maximum Gasteiger partial charge on any atom is 0.273 e. The Hall–Kier alpha value is -2.64. The molecule has 0 spiro atoms. The van der Waals surface area contributed by atoms with E-state index >= 15 is 0 Å². The van der Waals surface area contributed by atoms with Crippen LogP contribution in [0.25, 0.3) is 0 Å². The first kappa shape index (κ1) is 19.1. The number of carbonyl (C=O) groups excluding carboxylic acids is 2. The van der Waals surface area contributed by atoms with Crippen molar-refractivity contribution in [3.63, 3.8) is 0 Å². The van der Waals surface area contributed by atoms with E-state index in [0.29, 0.717) is 11.6 Å². The zero-order valence-electron chi connectivity index (χ0n) is 15.6. The number of carbonyl (C=O) groups is 2. The summed E-state index contributed by atoms with van der Waals surface area (Å²) >= 11 is 0. The molecule has 1 aromatic carbocycles. The number of non-ortho nitro benzene ring substituents is 1. The van der Waals surface area contributed by atoms with Crippen LogP contribution in [-0.4, -0.2) is 36.4 Å². The summed E-state index contributed by atoms with van der Waals surface area (Å²) in [6.07, 6.45) is 4.32. The smallest absolute Gasteiger partial charge is 0.273 e. The third-order valence-electron chi connectivity index (χ3n) is 5.52. The van der Waals surface area contributed by atoms with E-state index in [9.17, 15) is 19.7 Å². The van der Waals surface area contributed by atoms with Crippen molar-refractivity contribution in [3.05, 3.63) is 28.3 Å². The third kappa shape index (κ3) is 4.20. The third-order valence-corrected chi connectivity index (χ3v) is 5.52. The maximum atomic E-state index is 12.6. The summed E-state index contributed by atoms with van der Waals surface area (Å²) in [5, 5.41) is 14.0. The lowest BCUT2D eigenvalue weighted by Crippen LogP contribution is -2.41. The summed E-state index contributed by atoms with van der Waals surface area (Å²) in [7, 11) is 1.40. The fourth-order valence-electron chi connectivity index (χ4n) is 3.84. The van der Waals surface area contributed by atoms with Crippen LogP contribution in [-0.2, 0) is 9.59 Å². The standard InChI is InChI=1S/C19H25N3O5/c1-12-3-5-14(6-4-12)20-19(24)13-9-18(23)21(11-13)16-8-7-15(22(25)26)10-17(16)27-2/h7-8,10,12-14H,3-6,9,11H2,1-2H3,(H,20,24)/t12?,13-,14?/m0/s1. The molecule has 8 heteroatoms. The number of nitrogens with one attached hydrogen (secondary N) is 1. The molecule has 3 rings (SSSR count). The van der Waals surface area contributed by atoms with E-state index in [0.717, 1.165) is 25.7 Å². The molecule has 1 aliphatic heterocycles. The van der Waals surface area contributed by atoms with Crippen molar-refractivity contribution in [1.82, 2.24) is 5.32 Å². The van der Waals surface area contributed by atoms with Crippen LogP contribution in [0.4, 0.5) is 11.4 Å². The van der Waals surface area contributed by atoms with Gasteiger partial charge in [0.05, 0.1) is 29.7 Å². The summed E-state index contributed by atoms with van der Waals surface area (Å²) < 4.78 is 5.23. The maximum absolute atomic E-state index is 12.6. The minimum Gasteiger partial charge on any atom is -0.494 e. The molecular weight excluding hydrogens is 350 g/mol. The van der Waals surface area contributed by atoms with E-state index in [1.807, 2.05) is 0 Å². The summed E-state index contributed by atoms with van der Waals surface area (Å²) in [6.45, 7) is 2.48. The van der Waals surface area contributed by atoms with Crippen molar-refractivity contribution in [2.75, 3.05) is 18.6 Å². The van der Waals surface area contributed by atoms with Gasteiger partial charge in [0.25, 0.3) is 5.69 Å². The van der Waals surface area contributed by atoms with E-state index in [2.05, 4.69) is 12.2 Å². The molecular formula is C19H25N3O5. The summed E-state index contributed by atoms with van der Waals surface area (Å²) in [6, 6.07) is 4.31. The van der Waals surface area contributed by atoms with Gasteiger partial charge in [0.1, 0.15) is 5.75 Å². The summed E-state index contributed by atoms with van der Waals surface area (Å²) in [4.78, 5) is 37.0. The zero-order chi connectivity index (χ0) is 19.6. The largest absolute Gasteiger partial charge is 0.494 e. The molecule has 1 heterocycles. The second kappa shape index (κ2) is 7.94. The van der Waals surface area contributed by atoms with Gasteiger partial charge in [-0.05, 0) is 37.7 Å². The van der Waals surface area contributed by atoms with Crippen molar-refractivity contribution >= 4 is 23.2 Å². The Kier molecular flexibility index (Phi) is 5.62. The van der Waals surface area contributed by atoms with Crippen LogP contribution in [0.5, 0.6) is 5.75 Å². The van der Waals surface area contributed by atoms with Crippen molar-refractivity contribution in [3.8, 4) is 5.75 Å². The van der Waals surface area contributed by atoms with Crippen LogP contribution < -0.4 is 15.0 Å².